The maximum Gasteiger partial charge on any atom is 0.330 e. The molecular formula is C13H23NO4. The molecule has 104 valence electrons. The first kappa shape index (κ1) is 15.0. The molecule has 1 N–H and O–H groups in total. The monoisotopic (exact) mass is 257 g/mol. The molecule has 1 rings (SSSR count). The van der Waals surface area contributed by atoms with Gasteiger partial charge in [0.05, 0.1) is 19.8 Å². The van der Waals surface area contributed by atoms with Crippen LogP contribution < -0.4 is 5.32 Å². The van der Waals surface area contributed by atoms with Crippen molar-refractivity contribution in [3.05, 3.63) is 0 Å². The first-order valence-electron chi connectivity index (χ1n) is 6.60. The Hall–Kier alpha value is -1.10. The summed E-state index contributed by atoms with van der Waals surface area (Å²) in [4.78, 5) is 22.5. The molecule has 1 amide bonds. The second-order valence-corrected chi connectivity index (χ2v) is 4.72. The van der Waals surface area contributed by atoms with Crippen LogP contribution in [0.3, 0.4) is 0 Å². The number of ether oxygens (including phenoxy) is 2. The molecule has 0 heterocycles. The summed E-state index contributed by atoms with van der Waals surface area (Å²) >= 11 is 0. The third kappa shape index (κ3) is 5.49. The van der Waals surface area contributed by atoms with Gasteiger partial charge in [-0.3, -0.25) is 4.79 Å². The van der Waals surface area contributed by atoms with Gasteiger partial charge < -0.3 is 14.8 Å². The van der Waals surface area contributed by atoms with Crippen LogP contribution in [0.25, 0.3) is 0 Å². The first-order valence-corrected chi connectivity index (χ1v) is 6.60. The lowest BCUT2D eigenvalue weighted by Gasteiger charge is -2.20. The summed E-state index contributed by atoms with van der Waals surface area (Å²) in [6.45, 7) is 1.57. The van der Waals surface area contributed by atoms with Crippen molar-refractivity contribution >= 4 is 11.9 Å². The Morgan fingerprint density at radius 1 is 1.22 bits per heavy atom. The lowest BCUT2D eigenvalue weighted by molar-refractivity contribution is -0.147. The molecule has 5 heteroatoms. The molecule has 1 saturated carbocycles. The second kappa shape index (κ2) is 8.08. The number of amides is 1. The molecule has 1 aliphatic carbocycles. The molecule has 0 aromatic rings. The highest BCUT2D eigenvalue weighted by molar-refractivity contribution is 5.83. The van der Waals surface area contributed by atoms with Crippen LogP contribution in [-0.4, -0.2) is 37.7 Å². The van der Waals surface area contributed by atoms with Gasteiger partial charge >= 0.3 is 5.97 Å². The topological polar surface area (TPSA) is 64.6 Å². The van der Waals surface area contributed by atoms with Gasteiger partial charge in [0.15, 0.2) is 6.04 Å². The first-order chi connectivity index (χ1) is 8.63. The average molecular weight is 257 g/mol. The summed E-state index contributed by atoms with van der Waals surface area (Å²) in [5.41, 5.74) is 0. The van der Waals surface area contributed by atoms with Crippen molar-refractivity contribution in [1.29, 1.82) is 0 Å². The summed E-state index contributed by atoms with van der Waals surface area (Å²) in [6.07, 6.45) is 7.13. The fourth-order valence-electron chi connectivity index (χ4n) is 2.20. The summed E-state index contributed by atoms with van der Waals surface area (Å²) in [7, 11) is 1.31. The number of carbonyl (C=O) groups is 2. The molecule has 0 saturated heterocycles. The fourth-order valence-corrected chi connectivity index (χ4v) is 2.20. The van der Waals surface area contributed by atoms with Crippen molar-refractivity contribution in [3.8, 4) is 0 Å². The molecule has 0 radical (unpaired) electrons. The van der Waals surface area contributed by atoms with Gasteiger partial charge in [-0.1, -0.05) is 25.7 Å². The van der Waals surface area contributed by atoms with Crippen LogP contribution in [-0.2, 0) is 19.1 Å². The quantitative estimate of drug-likeness (QED) is 0.597. The number of methoxy groups -OCH3 is 1. The molecule has 0 aromatic carbocycles. The summed E-state index contributed by atoms with van der Waals surface area (Å²) < 4.78 is 10.4. The van der Waals surface area contributed by atoms with Crippen molar-refractivity contribution in [3.63, 3.8) is 0 Å². The van der Waals surface area contributed by atoms with E-state index >= 15 is 0 Å². The predicted molar refractivity (Wildman–Crippen MR) is 67.1 cm³/mol. The number of hydrogen-bond acceptors (Lipinski definition) is 4. The van der Waals surface area contributed by atoms with Crippen LogP contribution in [0.4, 0.5) is 0 Å². The molecule has 0 aromatic heterocycles. The van der Waals surface area contributed by atoms with Gasteiger partial charge in [-0.25, -0.2) is 4.79 Å². The summed E-state index contributed by atoms with van der Waals surface area (Å²) in [5.74, 6) is -0.714. The fraction of sp³-hybridized carbons (Fsp3) is 0.846. The molecular weight excluding hydrogens is 234 g/mol. The molecule has 1 unspecified atom stereocenters. The largest absolute Gasteiger partial charge is 0.467 e. The second-order valence-electron chi connectivity index (χ2n) is 4.72. The molecule has 0 aliphatic heterocycles. The van der Waals surface area contributed by atoms with E-state index in [4.69, 9.17) is 4.74 Å². The summed E-state index contributed by atoms with van der Waals surface area (Å²) in [5, 5.41) is 2.55. The number of carbonyl (C=O) groups excluding carboxylic acids is 2. The molecule has 1 aliphatic rings. The van der Waals surface area contributed by atoms with Crippen molar-refractivity contribution in [2.24, 2.45) is 0 Å². The van der Waals surface area contributed by atoms with E-state index in [1.807, 2.05) is 0 Å². The Balaban J connectivity index is 2.39. The highest BCUT2D eigenvalue weighted by Crippen LogP contribution is 2.19. The maximum absolute atomic E-state index is 11.5. The predicted octanol–water partition coefficient (Wildman–Crippen LogP) is 1.40. The van der Waals surface area contributed by atoms with Crippen LogP contribution in [0.1, 0.15) is 45.4 Å². The Labute approximate surface area is 108 Å². The maximum atomic E-state index is 11.5. The van der Waals surface area contributed by atoms with Crippen LogP contribution in [0.15, 0.2) is 0 Å². The zero-order chi connectivity index (χ0) is 13.4. The Morgan fingerprint density at radius 2 is 1.83 bits per heavy atom. The van der Waals surface area contributed by atoms with Crippen molar-refractivity contribution < 1.29 is 19.1 Å². The lowest BCUT2D eigenvalue weighted by atomic mass is 10.1. The smallest absolute Gasteiger partial charge is 0.330 e. The van der Waals surface area contributed by atoms with E-state index in [0.717, 1.165) is 12.8 Å². The van der Waals surface area contributed by atoms with E-state index in [0.29, 0.717) is 0 Å². The van der Waals surface area contributed by atoms with Crippen molar-refractivity contribution in [2.45, 2.75) is 57.6 Å². The lowest BCUT2D eigenvalue weighted by Crippen LogP contribution is -2.44. The van der Waals surface area contributed by atoms with Gasteiger partial charge in [-0.2, -0.15) is 0 Å². The normalized spacial score (nSPS) is 18.8. The molecule has 0 bridgehead atoms. The Kier molecular flexibility index (Phi) is 6.72. The highest BCUT2D eigenvalue weighted by atomic mass is 16.5. The number of hydrogen-bond donors (Lipinski definition) is 1. The van der Waals surface area contributed by atoms with Gasteiger partial charge in [-0.05, 0) is 12.8 Å². The van der Waals surface area contributed by atoms with Crippen LogP contribution in [0.5, 0.6) is 0 Å². The van der Waals surface area contributed by atoms with E-state index in [-0.39, 0.29) is 18.6 Å². The number of rotatable bonds is 5. The minimum absolute atomic E-state index is 0.191. The van der Waals surface area contributed by atoms with E-state index < -0.39 is 12.0 Å². The molecule has 1 fully saturated rings. The van der Waals surface area contributed by atoms with Crippen molar-refractivity contribution in [1.82, 2.24) is 5.32 Å². The van der Waals surface area contributed by atoms with Gasteiger partial charge in [0.1, 0.15) is 0 Å². The Morgan fingerprint density at radius 3 is 2.33 bits per heavy atom. The SMILES string of the molecule is COC(=O)C(COC1CCCCCC1)NC(C)=O. The molecule has 5 nitrogen and oxygen atoms in total. The number of nitrogens with one attached hydrogen (secondary N) is 1. The van der Waals surface area contributed by atoms with Gasteiger partial charge in [0.2, 0.25) is 5.91 Å². The standard InChI is InChI=1S/C13H23NO4/c1-10(15)14-12(13(16)17-2)9-18-11-7-5-3-4-6-8-11/h11-12H,3-9H2,1-2H3,(H,14,15). The number of esters is 1. The van der Waals surface area contributed by atoms with E-state index in [9.17, 15) is 9.59 Å². The van der Waals surface area contributed by atoms with Crippen LogP contribution >= 0.6 is 0 Å². The van der Waals surface area contributed by atoms with Crippen LogP contribution in [0, 0.1) is 0 Å². The van der Waals surface area contributed by atoms with E-state index in [1.54, 1.807) is 0 Å². The molecule has 1 atom stereocenters. The van der Waals surface area contributed by atoms with Gasteiger partial charge in [0.25, 0.3) is 0 Å². The zero-order valence-electron chi connectivity index (χ0n) is 11.2. The third-order valence-electron chi connectivity index (χ3n) is 3.16. The molecule has 18 heavy (non-hydrogen) atoms. The van der Waals surface area contributed by atoms with Gasteiger partial charge in [0, 0.05) is 6.92 Å². The minimum Gasteiger partial charge on any atom is -0.467 e. The van der Waals surface area contributed by atoms with Crippen LogP contribution in [0.2, 0.25) is 0 Å². The van der Waals surface area contributed by atoms with E-state index in [1.165, 1.54) is 39.7 Å². The molecule has 0 spiro atoms. The van der Waals surface area contributed by atoms with Gasteiger partial charge in [-0.15, -0.1) is 0 Å². The third-order valence-corrected chi connectivity index (χ3v) is 3.16. The van der Waals surface area contributed by atoms with E-state index in [2.05, 4.69) is 10.1 Å². The zero-order valence-corrected chi connectivity index (χ0v) is 11.2. The van der Waals surface area contributed by atoms with Crippen molar-refractivity contribution in [2.75, 3.05) is 13.7 Å². The minimum atomic E-state index is -0.698. The highest BCUT2D eigenvalue weighted by Gasteiger charge is 2.22. The summed E-state index contributed by atoms with van der Waals surface area (Å²) in [6, 6.07) is -0.698. The average Bonchev–Trinajstić information content (AvgIpc) is 2.61. The Bertz CT molecular complexity index is 272.